The SMILES string of the molecule is CCn1cc(N)cc1C(=O)OC(C)C#N. The highest BCUT2D eigenvalue weighted by Crippen LogP contribution is 2.12. The molecule has 2 N–H and O–H groups in total. The van der Waals surface area contributed by atoms with E-state index in [0.29, 0.717) is 17.9 Å². The van der Waals surface area contributed by atoms with Crippen LogP contribution in [0.2, 0.25) is 0 Å². The molecule has 0 radical (unpaired) electrons. The molecule has 0 saturated carbocycles. The Balaban J connectivity index is 2.86. The molecule has 5 nitrogen and oxygen atoms in total. The van der Waals surface area contributed by atoms with E-state index in [1.807, 2.05) is 13.0 Å². The van der Waals surface area contributed by atoms with E-state index in [-0.39, 0.29) is 0 Å². The van der Waals surface area contributed by atoms with Gasteiger partial charge in [0.15, 0.2) is 6.10 Å². The van der Waals surface area contributed by atoms with Crippen LogP contribution in [0, 0.1) is 11.3 Å². The minimum Gasteiger partial charge on any atom is -0.443 e. The normalized spacial score (nSPS) is 11.8. The monoisotopic (exact) mass is 207 g/mol. The summed E-state index contributed by atoms with van der Waals surface area (Å²) in [4.78, 5) is 11.6. The third-order valence-electron chi connectivity index (χ3n) is 1.93. The largest absolute Gasteiger partial charge is 0.443 e. The van der Waals surface area contributed by atoms with Gasteiger partial charge in [0.2, 0.25) is 0 Å². The van der Waals surface area contributed by atoms with E-state index in [0.717, 1.165) is 0 Å². The molecule has 0 aliphatic rings. The first-order chi connectivity index (χ1) is 7.08. The molecule has 1 unspecified atom stereocenters. The summed E-state index contributed by atoms with van der Waals surface area (Å²) in [5, 5.41) is 8.50. The van der Waals surface area contributed by atoms with Crippen LogP contribution in [0.5, 0.6) is 0 Å². The number of carbonyl (C=O) groups is 1. The van der Waals surface area contributed by atoms with Crippen molar-refractivity contribution in [2.24, 2.45) is 0 Å². The number of nitrogens with two attached hydrogens (primary N) is 1. The molecule has 15 heavy (non-hydrogen) atoms. The van der Waals surface area contributed by atoms with Crippen molar-refractivity contribution in [1.29, 1.82) is 5.26 Å². The van der Waals surface area contributed by atoms with Gasteiger partial charge in [-0.15, -0.1) is 0 Å². The summed E-state index contributed by atoms with van der Waals surface area (Å²) in [6.45, 7) is 4.03. The Morgan fingerprint density at radius 1 is 1.80 bits per heavy atom. The Kier molecular flexibility index (Phi) is 3.34. The average Bonchev–Trinajstić information content (AvgIpc) is 2.59. The second-order valence-corrected chi connectivity index (χ2v) is 3.12. The van der Waals surface area contributed by atoms with Crippen molar-refractivity contribution < 1.29 is 9.53 Å². The van der Waals surface area contributed by atoms with Gasteiger partial charge in [0.1, 0.15) is 11.8 Å². The van der Waals surface area contributed by atoms with Crippen molar-refractivity contribution in [2.45, 2.75) is 26.5 Å². The fraction of sp³-hybridized carbons (Fsp3) is 0.400. The minimum atomic E-state index is -0.751. The molecule has 0 aliphatic heterocycles. The van der Waals surface area contributed by atoms with Gasteiger partial charge >= 0.3 is 5.97 Å². The van der Waals surface area contributed by atoms with Gasteiger partial charge in [-0.3, -0.25) is 0 Å². The zero-order valence-electron chi connectivity index (χ0n) is 8.73. The van der Waals surface area contributed by atoms with Crippen LogP contribution in [0.3, 0.4) is 0 Å². The van der Waals surface area contributed by atoms with E-state index in [1.54, 1.807) is 10.8 Å². The smallest absolute Gasteiger partial charge is 0.356 e. The predicted octanol–water partition coefficient (Wildman–Crippen LogP) is 1.16. The summed E-state index contributed by atoms with van der Waals surface area (Å²) in [6, 6.07) is 3.36. The molecular weight excluding hydrogens is 194 g/mol. The lowest BCUT2D eigenvalue weighted by Crippen LogP contribution is -2.16. The highest BCUT2D eigenvalue weighted by molar-refractivity contribution is 5.89. The number of nitrogen functional groups attached to an aromatic ring is 1. The molecule has 0 fully saturated rings. The Morgan fingerprint density at radius 2 is 2.47 bits per heavy atom. The number of ether oxygens (including phenoxy) is 1. The first-order valence-electron chi connectivity index (χ1n) is 4.64. The van der Waals surface area contributed by atoms with Gasteiger partial charge in [-0.05, 0) is 19.9 Å². The summed E-state index contributed by atoms with van der Waals surface area (Å²) in [6.07, 6.45) is 0.909. The lowest BCUT2D eigenvalue weighted by Gasteiger charge is -2.07. The Hall–Kier alpha value is -1.96. The molecule has 0 aromatic carbocycles. The number of rotatable bonds is 3. The number of carbonyl (C=O) groups excluding carboxylic acids is 1. The van der Waals surface area contributed by atoms with Crippen molar-refractivity contribution in [3.8, 4) is 6.07 Å². The molecular formula is C10H13N3O2. The molecule has 1 aromatic heterocycles. The quantitative estimate of drug-likeness (QED) is 0.754. The van der Waals surface area contributed by atoms with Crippen LogP contribution in [-0.2, 0) is 11.3 Å². The molecule has 0 bridgehead atoms. The van der Waals surface area contributed by atoms with Crippen LogP contribution >= 0.6 is 0 Å². The van der Waals surface area contributed by atoms with Gasteiger partial charge in [-0.25, -0.2) is 4.79 Å². The topological polar surface area (TPSA) is 81.0 Å². The molecule has 0 amide bonds. The van der Waals surface area contributed by atoms with Crippen molar-refractivity contribution in [1.82, 2.24) is 4.57 Å². The molecule has 5 heteroatoms. The van der Waals surface area contributed by atoms with Crippen LogP contribution in [0.15, 0.2) is 12.3 Å². The second kappa shape index (κ2) is 4.51. The molecule has 0 spiro atoms. The van der Waals surface area contributed by atoms with E-state index in [1.165, 1.54) is 13.0 Å². The first kappa shape index (κ1) is 11.1. The number of esters is 1. The Bertz CT molecular complexity index is 403. The maximum absolute atomic E-state index is 11.6. The van der Waals surface area contributed by atoms with Gasteiger partial charge in [0.25, 0.3) is 0 Å². The van der Waals surface area contributed by atoms with Crippen molar-refractivity contribution in [3.63, 3.8) is 0 Å². The zero-order chi connectivity index (χ0) is 11.4. The van der Waals surface area contributed by atoms with Crippen molar-refractivity contribution in [3.05, 3.63) is 18.0 Å². The standard InChI is InChI=1S/C10H13N3O2/c1-3-13-6-8(12)4-9(13)10(14)15-7(2)5-11/h4,6-7H,3,12H2,1-2H3. The molecule has 1 rings (SSSR count). The van der Waals surface area contributed by atoms with Crippen LogP contribution in [0.25, 0.3) is 0 Å². The molecule has 80 valence electrons. The highest BCUT2D eigenvalue weighted by atomic mass is 16.5. The lowest BCUT2D eigenvalue weighted by atomic mass is 10.4. The van der Waals surface area contributed by atoms with Gasteiger partial charge in [-0.1, -0.05) is 0 Å². The summed E-state index contributed by atoms with van der Waals surface area (Å²) < 4.78 is 6.55. The zero-order valence-corrected chi connectivity index (χ0v) is 8.73. The molecule has 1 heterocycles. The van der Waals surface area contributed by atoms with Crippen molar-refractivity contribution in [2.75, 3.05) is 5.73 Å². The van der Waals surface area contributed by atoms with Gasteiger partial charge < -0.3 is 15.0 Å². The van der Waals surface area contributed by atoms with Gasteiger partial charge in [-0.2, -0.15) is 5.26 Å². The molecule has 0 saturated heterocycles. The van der Waals surface area contributed by atoms with Gasteiger partial charge in [0, 0.05) is 12.7 Å². The molecule has 1 aromatic rings. The third kappa shape index (κ3) is 2.50. The second-order valence-electron chi connectivity index (χ2n) is 3.12. The van der Waals surface area contributed by atoms with Crippen LogP contribution < -0.4 is 5.73 Å². The average molecular weight is 207 g/mol. The van der Waals surface area contributed by atoms with Gasteiger partial charge in [0.05, 0.1) is 5.69 Å². The fourth-order valence-electron chi connectivity index (χ4n) is 1.21. The Morgan fingerprint density at radius 3 is 3.00 bits per heavy atom. The summed E-state index contributed by atoms with van der Waals surface area (Å²) >= 11 is 0. The van der Waals surface area contributed by atoms with Crippen LogP contribution in [-0.4, -0.2) is 16.6 Å². The third-order valence-corrected chi connectivity index (χ3v) is 1.93. The number of nitrogens with zero attached hydrogens (tertiary/aromatic N) is 2. The van der Waals surface area contributed by atoms with E-state index >= 15 is 0 Å². The summed E-state index contributed by atoms with van der Waals surface area (Å²) in [7, 11) is 0. The minimum absolute atomic E-state index is 0.372. The maximum atomic E-state index is 11.6. The fourth-order valence-corrected chi connectivity index (χ4v) is 1.21. The highest BCUT2D eigenvalue weighted by Gasteiger charge is 2.15. The molecule has 0 aliphatic carbocycles. The number of anilines is 1. The van der Waals surface area contributed by atoms with Crippen LogP contribution in [0.1, 0.15) is 24.3 Å². The number of nitriles is 1. The van der Waals surface area contributed by atoms with Crippen LogP contribution in [0.4, 0.5) is 5.69 Å². The Labute approximate surface area is 88.0 Å². The lowest BCUT2D eigenvalue weighted by molar-refractivity contribution is 0.0423. The molecule has 1 atom stereocenters. The predicted molar refractivity (Wildman–Crippen MR) is 55.0 cm³/mol. The summed E-state index contributed by atoms with van der Waals surface area (Å²) in [5.74, 6) is -0.525. The number of hydrogen-bond donors (Lipinski definition) is 1. The first-order valence-corrected chi connectivity index (χ1v) is 4.64. The number of hydrogen-bond acceptors (Lipinski definition) is 4. The van der Waals surface area contributed by atoms with E-state index in [9.17, 15) is 4.79 Å². The maximum Gasteiger partial charge on any atom is 0.356 e. The summed E-state index contributed by atoms with van der Waals surface area (Å²) in [5.41, 5.74) is 6.44. The van der Waals surface area contributed by atoms with E-state index in [4.69, 9.17) is 15.7 Å². The van der Waals surface area contributed by atoms with E-state index < -0.39 is 12.1 Å². The number of aromatic nitrogens is 1. The van der Waals surface area contributed by atoms with Crippen molar-refractivity contribution >= 4 is 11.7 Å². The van der Waals surface area contributed by atoms with E-state index in [2.05, 4.69) is 0 Å². The number of aryl methyl sites for hydroxylation is 1.